The molecular formula is C23H22O5. The Labute approximate surface area is 162 Å². The number of ether oxygens (including phenoxy) is 2. The molecule has 28 heavy (non-hydrogen) atoms. The molecule has 1 heterocycles. The third kappa shape index (κ3) is 3.41. The zero-order valence-corrected chi connectivity index (χ0v) is 15.9. The van der Waals surface area contributed by atoms with E-state index in [2.05, 4.69) is 0 Å². The predicted octanol–water partition coefficient (Wildman–Crippen LogP) is 4.09. The van der Waals surface area contributed by atoms with Gasteiger partial charge in [-0.15, -0.1) is 0 Å². The molecule has 0 spiro atoms. The normalized spacial score (nSPS) is 14.3. The first-order valence-electron chi connectivity index (χ1n) is 9.30. The van der Waals surface area contributed by atoms with E-state index in [9.17, 15) is 9.90 Å². The summed E-state index contributed by atoms with van der Waals surface area (Å²) in [7, 11) is 1.59. The van der Waals surface area contributed by atoms with Gasteiger partial charge in [-0.05, 0) is 48.6 Å². The Kier molecular flexibility index (Phi) is 4.92. The summed E-state index contributed by atoms with van der Waals surface area (Å²) in [5.41, 5.74) is 3.38. The number of benzene rings is 2. The summed E-state index contributed by atoms with van der Waals surface area (Å²) >= 11 is 0. The van der Waals surface area contributed by atoms with Crippen LogP contribution >= 0.6 is 0 Å². The minimum absolute atomic E-state index is 0.387. The average Bonchev–Trinajstić information content (AvgIpc) is 2.72. The molecule has 0 saturated heterocycles. The van der Waals surface area contributed by atoms with Crippen molar-refractivity contribution in [2.24, 2.45) is 0 Å². The molecule has 0 saturated carbocycles. The van der Waals surface area contributed by atoms with E-state index in [0.717, 1.165) is 22.1 Å². The molecule has 3 aromatic rings. The van der Waals surface area contributed by atoms with Gasteiger partial charge in [-0.1, -0.05) is 30.3 Å². The van der Waals surface area contributed by atoms with Gasteiger partial charge >= 0.3 is 5.63 Å². The monoisotopic (exact) mass is 378 g/mol. The van der Waals surface area contributed by atoms with Crippen LogP contribution in [0.1, 0.15) is 30.0 Å². The van der Waals surface area contributed by atoms with Crippen molar-refractivity contribution in [1.29, 1.82) is 0 Å². The highest BCUT2D eigenvalue weighted by atomic mass is 16.5. The maximum Gasteiger partial charge on any atom is 0.343 e. The first-order chi connectivity index (χ1) is 13.6. The maximum atomic E-state index is 12.5. The molecule has 1 atom stereocenters. The van der Waals surface area contributed by atoms with E-state index >= 15 is 0 Å². The lowest BCUT2D eigenvalue weighted by Crippen LogP contribution is -2.16. The zero-order chi connectivity index (χ0) is 19.7. The number of rotatable bonds is 5. The molecule has 0 aliphatic heterocycles. The number of hydrogen-bond donors (Lipinski definition) is 1. The first-order valence-corrected chi connectivity index (χ1v) is 9.30. The SMILES string of the molecule is COc1cc2c3c(c(=O)oc2cc1OCc1ccccc1)C=C(C(C)O)CC3. The van der Waals surface area contributed by atoms with Crippen LogP contribution in [0.5, 0.6) is 11.5 Å². The number of methoxy groups -OCH3 is 1. The first kappa shape index (κ1) is 18.3. The number of aliphatic hydroxyl groups is 1. The van der Waals surface area contributed by atoms with Crippen molar-refractivity contribution in [2.75, 3.05) is 7.11 Å². The van der Waals surface area contributed by atoms with E-state index in [1.807, 2.05) is 36.4 Å². The van der Waals surface area contributed by atoms with Gasteiger partial charge < -0.3 is 19.0 Å². The Morgan fingerprint density at radius 1 is 1.14 bits per heavy atom. The molecule has 0 amide bonds. The van der Waals surface area contributed by atoms with Crippen LogP contribution in [0.15, 0.2) is 57.2 Å². The minimum atomic E-state index is -0.577. The van der Waals surface area contributed by atoms with Crippen molar-refractivity contribution in [3.05, 3.63) is 75.1 Å². The molecule has 5 heteroatoms. The summed E-state index contributed by atoms with van der Waals surface area (Å²) in [6.07, 6.45) is 2.55. The minimum Gasteiger partial charge on any atom is -0.493 e. The van der Waals surface area contributed by atoms with Crippen molar-refractivity contribution < 1.29 is 19.0 Å². The van der Waals surface area contributed by atoms with E-state index in [1.165, 1.54) is 0 Å². The summed E-state index contributed by atoms with van der Waals surface area (Å²) in [6, 6.07) is 13.4. The van der Waals surface area contributed by atoms with Crippen LogP contribution in [0.25, 0.3) is 17.0 Å². The van der Waals surface area contributed by atoms with Gasteiger partial charge in [0.1, 0.15) is 12.2 Å². The van der Waals surface area contributed by atoms with E-state index in [4.69, 9.17) is 13.9 Å². The summed E-state index contributed by atoms with van der Waals surface area (Å²) in [5.74, 6) is 1.11. The highest BCUT2D eigenvalue weighted by molar-refractivity contribution is 5.87. The molecular weight excluding hydrogens is 356 g/mol. The fraction of sp³-hybridized carbons (Fsp3) is 0.261. The van der Waals surface area contributed by atoms with E-state index in [-0.39, 0.29) is 0 Å². The number of aryl methyl sites for hydroxylation is 1. The van der Waals surface area contributed by atoms with Gasteiger partial charge in [0.25, 0.3) is 0 Å². The summed E-state index contributed by atoms with van der Waals surface area (Å²) in [6.45, 7) is 2.09. The number of hydrogen-bond acceptors (Lipinski definition) is 5. The van der Waals surface area contributed by atoms with Gasteiger partial charge in [0.2, 0.25) is 0 Å². The molecule has 1 aliphatic rings. The lowest BCUT2D eigenvalue weighted by atomic mass is 9.89. The smallest absolute Gasteiger partial charge is 0.343 e. The second-order valence-electron chi connectivity index (χ2n) is 6.95. The maximum absolute atomic E-state index is 12.5. The second-order valence-corrected chi connectivity index (χ2v) is 6.95. The average molecular weight is 378 g/mol. The molecule has 0 radical (unpaired) electrons. The van der Waals surface area contributed by atoms with Gasteiger partial charge in [0.05, 0.1) is 18.8 Å². The molecule has 2 aromatic carbocycles. The molecule has 1 unspecified atom stereocenters. The van der Waals surface area contributed by atoms with Gasteiger partial charge in [-0.2, -0.15) is 0 Å². The van der Waals surface area contributed by atoms with Gasteiger partial charge in [-0.3, -0.25) is 0 Å². The fourth-order valence-electron chi connectivity index (χ4n) is 3.56. The van der Waals surface area contributed by atoms with E-state index < -0.39 is 11.7 Å². The summed E-state index contributed by atoms with van der Waals surface area (Å²) in [4.78, 5) is 12.5. The molecule has 0 fully saturated rings. The van der Waals surface area contributed by atoms with Crippen molar-refractivity contribution >= 4 is 17.0 Å². The molecule has 1 aliphatic carbocycles. The van der Waals surface area contributed by atoms with Crippen molar-refractivity contribution in [1.82, 2.24) is 0 Å². The molecule has 5 nitrogen and oxygen atoms in total. The number of fused-ring (bicyclic) bond motifs is 3. The predicted molar refractivity (Wildman–Crippen MR) is 108 cm³/mol. The topological polar surface area (TPSA) is 68.9 Å². The molecule has 0 bridgehead atoms. The summed E-state index contributed by atoms with van der Waals surface area (Å²) in [5, 5.41) is 10.7. The largest absolute Gasteiger partial charge is 0.493 e. The highest BCUT2D eigenvalue weighted by Gasteiger charge is 2.22. The Hall–Kier alpha value is -3.05. The van der Waals surface area contributed by atoms with Crippen LogP contribution in [0.2, 0.25) is 0 Å². The van der Waals surface area contributed by atoms with Gasteiger partial charge in [0.15, 0.2) is 11.5 Å². The van der Waals surface area contributed by atoms with Crippen LogP contribution in [0.3, 0.4) is 0 Å². The lowest BCUT2D eigenvalue weighted by molar-refractivity contribution is 0.228. The third-order valence-corrected chi connectivity index (χ3v) is 5.11. The Bertz CT molecular complexity index is 1090. The van der Waals surface area contributed by atoms with Crippen LogP contribution in [-0.4, -0.2) is 18.3 Å². The van der Waals surface area contributed by atoms with Crippen LogP contribution < -0.4 is 15.1 Å². The Morgan fingerprint density at radius 2 is 1.93 bits per heavy atom. The number of aliphatic hydroxyl groups excluding tert-OH is 1. The molecule has 1 N–H and O–H groups in total. The fourth-order valence-corrected chi connectivity index (χ4v) is 3.56. The Balaban J connectivity index is 1.77. The van der Waals surface area contributed by atoms with Crippen LogP contribution in [0.4, 0.5) is 0 Å². The zero-order valence-electron chi connectivity index (χ0n) is 15.9. The third-order valence-electron chi connectivity index (χ3n) is 5.11. The quantitative estimate of drug-likeness (QED) is 0.677. The molecule has 4 rings (SSSR count). The van der Waals surface area contributed by atoms with Gasteiger partial charge in [-0.25, -0.2) is 4.79 Å². The van der Waals surface area contributed by atoms with Crippen molar-refractivity contribution in [3.63, 3.8) is 0 Å². The molecule has 1 aromatic heterocycles. The van der Waals surface area contributed by atoms with Crippen molar-refractivity contribution in [2.45, 2.75) is 32.5 Å². The van der Waals surface area contributed by atoms with Gasteiger partial charge in [0, 0.05) is 11.5 Å². The highest BCUT2D eigenvalue weighted by Crippen LogP contribution is 2.37. The van der Waals surface area contributed by atoms with Crippen molar-refractivity contribution in [3.8, 4) is 11.5 Å². The van der Waals surface area contributed by atoms with E-state index in [0.29, 0.717) is 42.1 Å². The van der Waals surface area contributed by atoms with E-state index in [1.54, 1.807) is 26.2 Å². The standard InChI is InChI=1S/C23H22O5/c1-14(24)16-8-9-17-18-11-21(26-2)22(27-13-15-6-4-3-5-7-15)12-20(18)28-23(25)19(17)10-16/h3-7,10-12,14,24H,8-9,13H2,1-2H3. The lowest BCUT2D eigenvalue weighted by Gasteiger charge is -2.19. The van der Waals surface area contributed by atoms with Crippen LogP contribution in [0, 0.1) is 0 Å². The Morgan fingerprint density at radius 3 is 2.64 bits per heavy atom. The second kappa shape index (κ2) is 7.52. The van der Waals surface area contributed by atoms with Crippen LogP contribution in [-0.2, 0) is 13.0 Å². The molecule has 144 valence electrons. The summed E-state index contributed by atoms with van der Waals surface area (Å²) < 4.78 is 17.0.